The maximum Gasteiger partial charge on any atom is 0.304 e. The summed E-state index contributed by atoms with van der Waals surface area (Å²) in [6.45, 7) is 1.66. The second kappa shape index (κ2) is 5.70. The molecule has 14 heavy (non-hydrogen) atoms. The Balaban J connectivity index is 0.00000169. The van der Waals surface area contributed by atoms with Crippen molar-refractivity contribution >= 4 is 12.4 Å². The van der Waals surface area contributed by atoms with Crippen molar-refractivity contribution in [2.75, 3.05) is 0 Å². The van der Waals surface area contributed by atoms with Crippen molar-refractivity contribution in [1.82, 2.24) is 4.98 Å². The highest BCUT2D eigenvalue weighted by Crippen LogP contribution is 2.16. The minimum absolute atomic E-state index is 0. The van der Waals surface area contributed by atoms with Crippen molar-refractivity contribution in [3.8, 4) is 5.75 Å². The van der Waals surface area contributed by atoms with Gasteiger partial charge in [0.15, 0.2) is 0 Å². The fourth-order valence-corrected chi connectivity index (χ4v) is 0.774. The van der Waals surface area contributed by atoms with Crippen LogP contribution in [0, 0.1) is 6.92 Å². The zero-order valence-corrected chi connectivity index (χ0v) is 8.10. The lowest BCUT2D eigenvalue weighted by Crippen LogP contribution is -2.19. The van der Waals surface area contributed by atoms with E-state index in [-0.39, 0.29) is 18.2 Å². The van der Waals surface area contributed by atoms with Crippen molar-refractivity contribution in [3.63, 3.8) is 0 Å². The minimum Gasteiger partial charge on any atom is -0.454 e. The van der Waals surface area contributed by atoms with Crippen LogP contribution >= 0.6 is 12.4 Å². The number of pyridine rings is 1. The molecule has 0 aliphatic heterocycles. The number of hydrogen-bond donors (Lipinski definition) is 0. The van der Waals surface area contributed by atoms with Crippen LogP contribution in [0.5, 0.6) is 5.75 Å². The van der Waals surface area contributed by atoms with E-state index in [9.17, 15) is 13.2 Å². The molecule has 0 aliphatic rings. The second-order valence-electron chi connectivity index (χ2n) is 2.44. The highest BCUT2D eigenvalue weighted by Gasteiger charge is 2.20. The predicted molar refractivity (Wildman–Crippen MR) is 47.8 cm³/mol. The highest BCUT2D eigenvalue weighted by atomic mass is 35.5. The van der Waals surface area contributed by atoms with Gasteiger partial charge in [-0.05, 0) is 13.0 Å². The van der Waals surface area contributed by atoms with Gasteiger partial charge in [0.25, 0.3) is 6.36 Å². The summed E-state index contributed by atoms with van der Waals surface area (Å²) in [5.74, 6) is 0.0558. The molecule has 1 aromatic heterocycles. The Bertz CT molecular complexity index is 285. The summed E-state index contributed by atoms with van der Waals surface area (Å²) in [5, 5.41) is 0. The first kappa shape index (κ1) is 13.0. The molecule has 0 spiro atoms. The van der Waals surface area contributed by atoms with Crippen LogP contribution in [-0.2, 0) is 0 Å². The van der Waals surface area contributed by atoms with E-state index in [0.29, 0.717) is 5.69 Å². The minimum atomic E-state index is -3.13. The van der Waals surface area contributed by atoms with Crippen LogP contribution in [0.1, 0.15) is 5.69 Å². The monoisotopic (exact) mass is 227 g/mol. The maximum atomic E-state index is 12.4. The number of ether oxygens (including phenoxy) is 1. The molecule has 6 heteroatoms. The van der Waals surface area contributed by atoms with E-state index in [2.05, 4.69) is 9.72 Å². The SMILES string of the molecule is Cc1cc(OC(F)C(F)F)ccn1.Cl. The fraction of sp³-hybridized carbons (Fsp3) is 0.375. The van der Waals surface area contributed by atoms with Crippen molar-refractivity contribution < 1.29 is 17.9 Å². The number of alkyl halides is 3. The molecule has 1 unspecified atom stereocenters. The van der Waals surface area contributed by atoms with E-state index in [4.69, 9.17) is 0 Å². The van der Waals surface area contributed by atoms with E-state index in [1.807, 2.05) is 0 Å². The van der Waals surface area contributed by atoms with E-state index >= 15 is 0 Å². The molecular weight excluding hydrogens is 219 g/mol. The third kappa shape index (κ3) is 3.83. The van der Waals surface area contributed by atoms with Crippen LogP contribution in [0.3, 0.4) is 0 Å². The van der Waals surface area contributed by atoms with Gasteiger partial charge in [-0.2, -0.15) is 4.39 Å². The Morgan fingerprint density at radius 1 is 1.36 bits per heavy atom. The molecule has 0 aliphatic carbocycles. The molecular formula is C8H9ClF3NO. The van der Waals surface area contributed by atoms with Crippen LogP contribution in [0.15, 0.2) is 18.3 Å². The lowest BCUT2D eigenvalue weighted by Gasteiger charge is -2.09. The Morgan fingerprint density at radius 2 is 2.00 bits per heavy atom. The largest absolute Gasteiger partial charge is 0.454 e. The lowest BCUT2D eigenvalue weighted by molar-refractivity contribution is -0.0669. The number of halogens is 4. The topological polar surface area (TPSA) is 22.1 Å². The van der Waals surface area contributed by atoms with Crippen molar-refractivity contribution in [2.45, 2.75) is 19.7 Å². The average molecular weight is 228 g/mol. The fourth-order valence-electron chi connectivity index (χ4n) is 0.774. The van der Waals surface area contributed by atoms with Gasteiger partial charge in [0, 0.05) is 18.0 Å². The maximum absolute atomic E-state index is 12.4. The van der Waals surface area contributed by atoms with E-state index < -0.39 is 12.8 Å². The summed E-state index contributed by atoms with van der Waals surface area (Å²) in [4.78, 5) is 3.80. The summed E-state index contributed by atoms with van der Waals surface area (Å²) in [5.41, 5.74) is 0.582. The van der Waals surface area contributed by atoms with Crippen LogP contribution < -0.4 is 4.74 Å². The summed E-state index contributed by atoms with van der Waals surface area (Å²) in [6, 6.07) is 2.71. The Morgan fingerprint density at radius 3 is 2.50 bits per heavy atom. The molecule has 0 radical (unpaired) electrons. The van der Waals surface area contributed by atoms with Gasteiger partial charge in [-0.15, -0.1) is 12.4 Å². The first-order valence-electron chi connectivity index (χ1n) is 3.61. The first-order valence-corrected chi connectivity index (χ1v) is 3.61. The molecule has 2 nitrogen and oxygen atoms in total. The molecule has 1 heterocycles. The molecule has 0 aromatic carbocycles. The summed E-state index contributed by atoms with van der Waals surface area (Å²) < 4.78 is 40.0. The highest BCUT2D eigenvalue weighted by molar-refractivity contribution is 5.85. The number of hydrogen-bond acceptors (Lipinski definition) is 2. The second-order valence-corrected chi connectivity index (χ2v) is 2.44. The quantitative estimate of drug-likeness (QED) is 0.792. The van der Waals surface area contributed by atoms with Crippen molar-refractivity contribution in [2.24, 2.45) is 0 Å². The average Bonchev–Trinajstić information content (AvgIpc) is 2.04. The molecule has 0 bridgehead atoms. The molecule has 1 rings (SSSR count). The Kier molecular flexibility index (Phi) is 5.30. The molecule has 0 N–H and O–H groups in total. The Hall–Kier alpha value is -0.970. The number of aryl methyl sites for hydroxylation is 1. The Labute approximate surface area is 85.5 Å². The van der Waals surface area contributed by atoms with Crippen molar-refractivity contribution in [3.05, 3.63) is 24.0 Å². The standard InChI is InChI=1S/C8H8F3NO.ClH/c1-5-4-6(2-3-12-5)13-8(11)7(9)10;/h2-4,7-8H,1H3;1H. The number of nitrogens with zero attached hydrogens (tertiary/aromatic N) is 1. The van der Waals surface area contributed by atoms with Crippen LogP contribution in [0.2, 0.25) is 0 Å². The van der Waals surface area contributed by atoms with Gasteiger partial charge in [0.05, 0.1) is 0 Å². The van der Waals surface area contributed by atoms with Gasteiger partial charge >= 0.3 is 6.43 Å². The van der Waals surface area contributed by atoms with E-state index in [0.717, 1.165) is 0 Å². The number of aromatic nitrogens is 1. The van der Waals surface area contributed by atoms with Crippen LogP contribution in [0.25, 0.3) is 0 Å². The molecule has 0 fully saturated rings. The van der Waals surface area contributed by atoms with E-state index in [1.165, 1.54) is 18.3 Å². The van der Waals surface area contributed by atoms with Gasteiger partial charge < -0.3 is 4.74 Å². The summed E-state index contributed by atoms with van der Waals surface area (Å²) in [6.07, 6.45) is -4.35. The van der Waals surface area contributed by atoms with Gasteiger partial charge in [-0.25, -0.2) is 8.78 Å². The molecule has 0 saturated heterocycles. The smallest absolute Gasteiger partial charge is 0.304 e. The van der Waals surface area contributed by atoms with Gasteiger partial charge in [-0.1, -0.05) is 0 Å². The lowest BCUT2D eigenvalue weighted by atomic mass is 10.3. The predicted octanol–water partition coefficient (Wildman–Crippen LogP) is 2.75. The zero-order valence-electron chi connectivity index (χ0n) is 7.28. The molecule has 1 atom stereocenters. The normalized spacial score (nSPS) is 12.1. The summed E-state index contributed by atoms with van der Waals surface area (Å²) in [7, 11) is 0. The third-order valence-corrected chi connectivity index (χ3v) is 1.31. The van der Waals surface area contributed by atoms with Gasteiger partial charge in [0.2, 0.25) is 0 Å². The van der Waals surface area contributed by atoms with Crippen LogP contribution in [0.4, 0.5) is 13.2 Å². The van der Waals surface area contributed by atoms with Crippen molar-refractivity contribution in [1.29, 1.82) is 0 Å². The van der Waals surface area contributed by atoms with Gasteiger partial charge in [-0.3, -0.25) is 4.98 Å². The molecule has 80 valence electrons. The van der Waals surface area contributed by atoms with E-state index in [1.54, 1.807) is 6.92 Å². The van der Waals surface area contributed by atoms with Gasteiger partial charge in [0.1, 0.15) is 5.75 Å². The van der Waals surface area contributed by atoms with Crippen LogP contribution in [-0.4, -0.2) is 17.8 Å². The number of rotatable bonds is 3. The molecule has 0 saturated carbocycles. The third-order valence-electron chi connectivity index (χ3n) is 1.31. The summed E-state index contributed by atoms with van der Waals surface area (Å²) >= 11 is 0. The molecule has 0 amide bonds. The zero-order chi connectivity index (χ0) is 9.84. The first-order chi connectivity index (χ1) is 6.09. The molecule has 1 aromatic rings.